The van der Waals surface area contributed by atoms with Crippen LogP contribution in [-0.4, -0.2) is 17.1 Å². The highest BCUT2D eigenvalue weighted by atomic mass is 16.5. The van der Waals surface area contributed by atoms with Crippen LogP contribution in [0.15, 0.2) is 24.4 Å². The monoisotopic (exact) mass is 175 g/mol. The Bertz CT molecular complexity index is 442. The fourth-order valence-corrected chi connectivity index (χ4v) is 1.16. The van der Waals surface area contributed by atoms with E-state index in [2.05, 4.69) is 9.97 Å². The second kappa shape index (κ2) is 2.90. The molecule has 0 aromatic carbocycles. The number of methoxy groups -OCH3 is 1. The smallest absolute Gasteiger partial charge is 0.237 e. The average molecular weight is 175 g/mol. The Morgan fingerprint density at radius 3 is 3.00 bits per heavy atom. The minimum atomic E-state index is 0.445. The number of rotatable bonds is 1. The molecule has 0 amide bonds. The summed E-state index contributed by atoms with van der Waals surface area (Å²) in [5.74, 6) is 0.445. The zero-order valence-corrected chi connectivity index (χ0v) is 7.19. The molecule has 2 aromatic rings. The Morgan fingerprint density at radius 1 is 1.38 bits per heavy atom. The number of aromatic nitrogens is 2. The number of nitrogens with zero attached hydrogens (tertiary/aromatic N) is 2. The van der Waals surface area contributed by atoms with E-state index >= 15 is 0 Å². The SMILES string of the molecule is COc1nc2cccnc2cc1N. The van der Waals surface area contributed by atoms with Crippen molar-refractivity contribution in [1.82, 2.24) is 9.97 Å². The molecule has 13 heavy (non-hydrogen) atoms. The van der Waals surface area contributed by atoms with Gasteiger partial charge in [-0.05, 0) is 18.2 Å². The van der Waals surface area contributed by atoms with Crippen molar-refractivity contribution in [1.29, 1.82) is 0 Å². The molecule has 0 radical (unpaired) electrons. The topological polar surface area (TPSA) is 61.0 Å². The van der Waals surface area contributed by atoms with Crippen molar-refractivity contribution >= 4 is 16.7 Å². The van der Waals surface area contributed by atoms with Gasteiger partial charge in [0.2, 0.25) is 5.88 Å². The molecule has 0 spiro atoms. The lowest BCUT2D eigenvalue weighted by molar-refractivity contribution is 0.402. The van der Waals surface area contributed by atoms with Crippen molar-refractivity contribution in [2.45, 2.75) is 0 Å². The molecule has 0 fully saturated rings. The van der Waals surface area contributed by atoms with E-state index in [0.29, 0.717) is 11.6 Å². The lowest BCUT2D eigenvalue weighted by Crippen LogP contribution is -1.96. The van der Waals surface area contributed by atoms with Gasteiger partial charge in [0.05, 0.1) is 23.8 Å². The Balaban J connectivity index is 2.74. The van der Waals surface area contributed by atoms with Crippen LogP contribution in [0.4, 0.5) is 5.69 Å². The largest absolute Gasteiger partial charge is 0.480 e. The summed E-state index contributed by atoms with van der Waals surface area (Å²) in [4.78, 5) is 8.30. The summed E-state index contributed by atoms with van der Waals surface area (Å²) in [6, 6.07) is 5.44. The summed E-state index contributed by atoms with van der Waals surface area (Å²) in [5, 5.41) is 0. The quantitative estimate of drug-likeness (QED) is 0.707. The van der Waals surface area contributed by atoms with Crippen molar-refractivity contribution in [3.63, 3.8) is 0 Å². The average Bonchev–Trinajstić information content (AvgIpc) is 2.17. The highest BCUT2D eigenvalue weighted by molar-refractivity contribution is 5.79. The number of ether oxygens (including phenoxy) is 1. The first kappa shape index (κ1) is 7.79. The first-order chi connectivity index (χ1) is 6.31. The molecule has 0 saturated carbocycles. The van der Waals surface area contributed by atoms with E-state index in [9.17, 15) is 0 Å². The summed E-state index contributed by atoms with van der Waals surface area (Å²) in [5.41, 5.74) is 7.74. The molecule has 0 unspecified atom stereocenters. The maximum absolute atomic E-state index is 5.67. The van der Waals surface area contributed by atoms with Gasteiger partial charge in [-0.1, -0.05) is 0 Å². The number of nitrogen functional groups attached to an aromatic ring is 1. The van der Waals surface area contributed by atoms with Gasteiger partial charge < -0.3 is 10.5 Å². The molecule has 0 aliphatic rings. The van der Waals surface area contributed by atoms with E-state index in [0.717, 1.165) is 11.0 Å². The fraction of sp³-hybridized carbons (Fsp3) is 0.111. The number of pyridine rings is 2. The van der Waals surface area contributed by atoms with Gasteiger partial charge in [-0.2, -0.15) is 0 Å². The number of nitrogens with two attached hydrogens (primary N) is 1. The Kier molecular flexibility index (Phi) is 1.73. The lowest BCUT2D eigenvalue weighted by Gasteiger charge is -2.03. The third-order valence-corrected chi connectivity index (χ3v) is 1.77. The zero-order chi connectivity index (χ0) is 9.26. The normalized spacial score (nSPS) is 10.2. The first-order valence-corrected chi connectivity index (χ1v) is 3.86. The minimum Gasteiger partial charge on any atom is -0.480 e. The van der Waals surface area contributed by atoms with Crippen LogP contribution in [-0.2, 0) is 0 Å². The predicted octanol–water partition coefficient (Wildman–Crippen LogP) is 1.22. The van der Waals surface area contributed by atoms with Gasteiger partial charge in [0.1, 0.15) is 0 Å². The number of fused-ring (bicyclic) bond motifs is 1. The molecule has 0 atom stereocenters. The van der Waals surface area contributed by atoms with Gasteiger partial charge in [-0.25, -0.2) is 4.98 Å². The molecule has 2 aromatic heterocycles. The zero-order valence-electron chi connectivity index (χ0n) is 7.19. The molecule has 0 bridgehead atoms. The van der Waals surface area contributed by atoms with Crippen molar-refractivity contribution in [2.75, 3.05) is 12.8 Å². The predicted molar refractivity (Wildman–Crippen MR) is 50.5 cm³/mol. The van der Waals surface area contributed by atoms with E-state index in [1.807, 2.05) is 12.1 Å². The van der Waals surface area contributed by atoms with E-state index in [4.69, 9.17) is 10.5 Å². The van der Waals surface area contributed by atoms with E-state index in [1.165, 1.54) is 0 Å². The third kappa shape index (κ3) is 1.26. The van der Waals surface area contributed by atoms with E-state index in [-0.39, 0.29) is 0 Å². The van der Waals surface area contributed by atoms with Crippen molar-refractivity contribution in [3.05, 3.63) is 24.4 Å². The third-order valence-electron chi connectivity index (χ3n) is 1.77. The first-order valence-electron chi connectivity index (χ1n) is 3.86. The molecule has 4 nitrogen and oxygen atoms in total. The lowest BCUT2D eigenvalue weighted by atomic mass is 10.3. The minimum absolute atomic E-state index is 0.445. The maximum Gasteiger partial charge on any atom is 0.237 e. The molecular weight excluding hydrogens is 166 g/mol. The van der Waals surface area contributed by atoms with Gasteiger partial charge in [-0.15, -0.1) is 0 Å². The highest BCUT2D eigenvalue weighted by Crippen LogP contribution is 2.21. The van der Waals surface area contributed by atoms with E-state index in [1.54, 1.807) is 19.4 Å². The van der Waals surface area contributed by atoms with Gasteiger partial charge in [0, 0.05) is 6.20 Å². The standard InChI is InChI=1S/C9H9N3O/c1-13-9-6(10)5-8-7(12-9)3-2-4-11-8/h2-5H,10H2,1H3. The number of hydrogen-bond donors (Lipinski definition) is 1. The van der Waals surface area contributed by atoms with Crippen LogP contribution in [0.3, 0.4) is 0 Å². The highest BCUT2D eigenvalue weighted by Gasteiger charge is 2.03. The molecular formula is C9H9N3O. The molecule has 0 aliphatic heterocycles. The molecule has 2 heterocycles. The van der Waals surface area contributed by atoms with Gasteiger partial charge in [0.25, 0.3) is 0 Å². The molecule has 2 N–H and O–H groups in total. The fourth-order valence-electron chi connectivity index (χ4n) is 1.16. The summed E-state index contributed by atoms with van der Waals surface area (Å²) >= 11 is 0. The van der Waals surface area contributed by atoms with Crippen molar-refractivity contribution in [3.8, 4) is 5.88 Å². The van der Waals surface area contributed by atoms with Crippen molar-refractivity contribution in [2.24, 2.45) is 0 Å². The second-order valence-electron chi connectivity index (χ2n) is 2.63. The van der Waals surface area contributed by atoms with E-state index < -0.39 is 0 Å². The summed E-state index contributed by atoms with van der Waals surface area (Å²) in [6.07, 6.45) is 1.70. The van der Waals surface area contributed by atoms with Gasteiger partial charge in [-0.3, -0.25) is 4.98 Å². The maximum atomic E-state index is 5.67. The molecule has 2 rings (SSSR count). The van der Waals surface area contributed by atoms with Crippen LogP contribution >= 0.6 is 0 Å². The van der Waals surface area contributed by atoms with Crippen LogP contribution in [0.5, 0.6) is 5.88 Å². The van der Waals surface area contributed by atoms with Crippen LogP contribution in [0.1, 0.15) is 0 Å². The van der Waals surface area contributed by atoms with Crippen LogP contribution in [0, 0.1) is 0 Å². The molecule has 4 heteroatoms. The molecule has 66 valence electrons. The Hall–Kier alpha value is -1.84. The van der Waals surface area contributed by atoms with Crippen molar-refractivity contribution < 1.29 is 4.74 Å². The van der Waals surface area contributed by atoms with Crippen LogP contribution in [0.25, 0.3) is 11.0 Å². The second-order valence-corrected chi connectivity index (χ2v) is 2.63. The van der Waals surface area contributed by atoms with Gasteiger partial charge >= 0.3 is 0 Å². The summed E-state index contributed by atoms with van der Waals surface area (Å²) in [7, 11) is 1.54. The number of hydrogen-bond acceptors (Lipinski definition) is 4. The van der Waals surface area contributed by atoms with Crippen LogP contribution in [0.2, 0.25) is 0 Å². The summed E-state index contributed by atoms with van der Waals surface area (Å²) in [6.45, 7) is 0. The molecule has 0 aliphatic carbocycles. The van der Waals surface area contributed by atoms with Gasteiger partial charge in [0.15, 0.2) is 0 Å². The summed E-state index contributed by atoms with van der Waals surface area (Å²) < 4.78 is 4.99. The molecule has 0 saturated heterocycles. The number of anilines is 1. The van der Waals surface area contributed by atoms with Crippen LogP contribution < -0.4 is 10.5 Å². The Labute approximate surface area is 75.4 Å². The Morgan fingerprint density at radius 2 is 2.23 bits per heavy atom.